The minimum Gasteiger partial charge on any atom is -0.277 e. The summed E-state index contributed by atoms with van der Waals surface area (Å²) in [6, 6.07) is 0. The Hall–Kier alpha value is -0.810. The summed E-state index contributed by atoms with van der Waals surface area (Å²) in [4.78, 5) is 26.4. The second kappa shape index (κ2) is 2.61. The van der Waals surface area contributed by atoms with Crippen LogP contribution in [0.2, 0.25) is 0 Å². The molecular formula is C9H7NO2S2. The molecule has 0 saturated carbocycles. The van der Waals surface area contributed by atoms with Crippen LogP contribution in [0.4, 0.5) is 0 Å². The van der Waals surface area contributed by atoms with E-state index in [-0.39, 0.29) is 11.8 Å². The third-order valence-corrected chi connectivity index (χ3v) is 4.98. The fraction of sp³-hybridized carbons (Fsp3) is 0.333. The summed E-state index contributed by atoms with van der Waals surface area (Å²) in [5, 5.41) is 0. The number of carbonyl (C=O) groups is 2. The first-order valence-electron chi connectivity index (χ1n) is 4.25. The maximum Gasteiger partial charge on any atom is 0.271 e. The number of hydrogen-bond acceptors (Lipinski definition) is 4. The summed E-state index contributed by atoms with van der Waals surface area (Å²) in [5.74, 6) is 1.59. The van der Waals surface area contributed by atoms with E-state index in [9.17, 15) is 9.59 Å². The minimum atomic E-state index is -0.130. The van der Waals surface area contributed by atoms with Gasteiger partial charge in [-0.1, -0.05) is 0 Å². The Labute approximate surface area is 89.1 Å². The number of amides is 2. The third-order valence-electron chi connectivity index (χ3n) is 2.59. The van der Waals surface area contributed by atoms with Crippen LogP contribution in [0.25, 0.3) is 0 Å². The molecule has 0 atom stereocenters. The molecule has 0 unspecified atom stereocenters. The highest BCUT2D eigenvalue weighted by Gasteiger charge is 2.39. The van der Waals surface area contributed by atoms with Crippen LogP contribution in [0.1, 0.15) is 30.5 Å². The van der Waals surface area contributed by atoms with Crippen molar-refractivity contribution in [2.45, 2.75) is 11.5 Å². The van der Waals surface area contributed by atoms with Crippen molar-refractivity contribution in [3.63, 3.8) is 0 Å². The van der Waals surface area contributed by atoms with Gasteiger partial charge < -0.3 is 0 Å². The first kappa shape index (κ1) is 8.49. The largest absolute Gasteiger partial charge is 0.277 e. The van der Waals surface area contributed by atoms with Gasteiger partial charge in [0.1, 0.15) is 4.88 Å². The van der Waals surface area contributed by atoms with Crippen molar-refractivity contribution >= 4 is 34.9 Å². The van der Waals surface area contributed by atoms with E-state index in [1.54, 1.807) is 7.05 Å². The Morgan fingerprint density at radius 3 is 2.79 bits per heavy atom. The van der Waals surface area contributed by atoms with Gasteiger partial charge in [-0.15, -0.1) is 11.3 Å². The van der Waals surface area contributed by atoms with Gasteiger partial charge in [0, 0.05) is 23.4 Å². The van der Waals surface area contributed by atoms with Gasteiger partial charge in [-0.2, -0.15) is 11.8 Å². The second-order valence-electron chi connectivity index (χ2n) is 3.37. The lowest BCUT2D eigenvalue weighted by Crippen LogP contribution is -2.24. The van der Waals surface area contributed by atoms with Crippen molar-refractivity contribution in [2.24, 2.45) is 0 Å². The number of fused-ring (bicyclic) bond motifs is 3. The van der Waals surface area contributed by atoms with Gasteiger partial charge in [-0.05, 0) is 5.56 Å². The highest BCUT2D eigenvalue weighted by Crippen LogP contribution is 2.43. The molecule has 0 aromatic carbocycles. The Balaban J connectivity index is 2.27. The van der Waals surface area contributed by atoms with E-state index in [2.05, 4.69) is 0 Å². The van der Waals surface area contributed by atoms with Crippen LogP contribution in [-0.2, 0) is 11.5 Å². The monoisotopic (exact) mass is 225 g/mol. The lowest BCUT2D eigenvalue weighted by Gasteiger charge is -2.04. The molecule has 0 fully saturated rings. The quantitative estimate of drug-likeness (QED) is 0.631. The Morgan fingerprint density at radius 2 is 2.00 bits per heavy atom. The zero-order valence-corrected chi connectivity index (χ0v) is 9.13. The van der Waals surface area contributed by atoms with E-state index in [1.807, 2.05) is 11.8 Å². The molecule has 2 amide bonds. The van der Waals surface area contributed by atoms with E-state index >= 15 is 0 Å². The zero-order chi connectivity index (χ0) is 9.87. The molecule has 3 heterocycles. The fourth-order valence-corrected chi connectivity index (χ4v) is 4.46. The summed E-state index contributed by atoms with van der Waals surface area (Å²) < 4.78 is 0. The Morgan fingerprint density at radius 1 is 1.21 bits per heavy atom. The molecule has 5 heteroatoms. The van der Waals surface area contributed by atoms with Crippen LogP contribution in [-0.4, -0.2) is 23.8 Å². The van der Waals surface area contributed by atoms with Gasteiger partial charge >= 0.3 is 0 Å². The average Bonchev–Trinajstić information content (AvgIpc) is 2.76. The summed E-state index contributed by atoms with van der Waals surface area (Å²) in [5.41, 5.74) is 1.79. The number of thioether (sulfide) groups is 1. The lowest BCUT2D eigenvalue weighted by atomic mass is 10.1. The number of nitrogens with zero attached hydrogens (tertiary/aromatic N) is 1. The van der Waals surface area contributed by atoms with Gasteiger partial charge in [-0.25, -0.2) is 0 Å². The number of imide groups is 1. The van der Waals surface area contributed by atoms with Crippen molar-refractivity contribution in [1.29, 1.82) is 0 Å². The fourth-order valence-electron chi connectivity index (χ4n) is 1.82. The van der Waals surface area contributed by atoms with Crippen LogP contribution >= 0.6 is 23.1 Å². The van der Waals surface area contributed by atoms with Gasteiger partial charge in [0.15, 0.2) is 0 Å². The van der Waals surface area contributed by atoms with Crippen molar-refractivity contribution < 1.29 is 9.59 Å². The standard InChI is InChI=1S/C9H7NO2S2/c1-10-8(11)6-4-2-13-3-5(4)14-7(6)9(10)12/h2-3H2,1H3. The minimum absolute atomic E-state index is 0.120. The van der Waals surface area contributed by atoms with Crippen LogP contribution in [0.15, 0.2) is 0 Å². The second-order valence-corrected chi connectivity index (χ2v) is 5.46. The molecule has 0 saturated heterocycles. The first-order valence-corrected chi connectivity index (χ1v) is 6.22. The number of hydrogen-bond donors (Lipinski definition) is 0. The highest BCUT2D eigenvalue weighted by atomic mass is 32.2. The summed E-state index contributed by atoms with van der Waals surface area (Å²) in [6.45, 7) is 0. The average molecular weight is 225 g/mol. The first-order chi connectivity index (χ1) is 6.70. The van der Waals surface area contributed by atoms with Crippen LogP contribution in [0.5, 0.6) is 0 Å². The molecule has 0 bridgehead atoms. The number of carbonyl (C=O) groups excluding carboxylic acids is 2. The van der Waals surface area contributed by atoms with E-state index in [0.717, 1.165) is 17.1 Å². The Bertz CT molecular complexity index is 464. The van der Waals surface area contributed by atoms with E-state index in [4.69, 9.17) is 0 Å². The van der Waals surface area contributed by atoms with Gasteiger partial charge in [-0.3, -0.25) is 14.5 Å². The summed E-state index contributed by atoms with van der Waals surface area (Å²) in [7, 11) is 1.55. The molecular weight excluding hydrogens is 218 g/mol. The third kappa shape index (κ3) is 0.840. The van der Waals surface area contributed by atoms with Crippen molar-refractivity contribution in [3.8, 4) is 0 Å². The maximum atomic E-state index is 11.7. The maximum absolute atomic E-state index is 11.7. The smallest absolute Gasteiger partial charge is 0.271 e. The van der Waals surface area contributed by atoms with E-state index in [1.165, 1.54) is 21.1 Å². The molecule has 0 spiro atoms. The predicted molar refractivity (Wildman–Crippen MR) is 55.7 cm³/mol. The zero-order valence-electron chi connectivity index (χ0n) is 7.49. The summed E-state index contributed by atoms with van der Waals surface area (Å²) >= 11 is 3.30. The molecule has 3 rings (SSSR count). The summed E-state index contributed by atoms with van der Waals surface area (Å²) in [6.07, 6.45) is 0. The molecule has 0 radical (unpaired) electrons. The Kier molecular flexibility index (Phi) is 1.58. The van der Waals surface area contributed by atoms with Crippen molar-refractivity contribution in [3.05, 3.63) is 20.9 Å². The number of thiophene rings is 1. The van der Waals surface area contributed by atoms with Gasteiger partial charge in [0.05, 0.1) is 5.56 Å². The number of rotatable bonds is 0. The van der Waals surface area contributed by atoms with Gasteiger partial charge in [0.25, 0.3) is 11.8 Å². The van der Waals surface area contributed by atoms with Crippen LogP contribution in [0.3, 0.4) is 0 Å². The molecule has 1 aromatic heterocycles. The topological polar surface area (TPSA) is 37.4 Å². The normalized spacial score (nSPS) is 19.1. The molecule has 1 aromatic rings. The highest BCUT2D eigenvalue weighted by molar-refractivity contribution is 7.98. The predicted octanol–water partition coefficient (Wildman–Crippen LogP) is 1.72. The van der Waals surface area contributed by atoms with Crippen molar-refractivity contribution in [2.75, 3.05) is 7.05 Å². The molecule has 2 aliphatic heterocycles. The molecule has 14 heavy (non-hydrogen) atoms. The van der Waals surface area contributed by atoms with Crippen LogP contribution < -0.4 is 0 Å². The lowest BCUT2D eigenvalue weighted by molar-refractivity contribution is 0.0694. The molecule has 2 aliphatic rings. The molecule has 0 N–H and O–H groups in total. The SMILES string of the molecule is CN1C(=O)c2sc3c(c2C1=O)CSC3. The van der Waals surface area contributed by atoms with E-state index in [0.29, 0.717) is 10.4 Å². The molecule has 72 valence electrons. The molecule has 0 aliphatic carbocycles. The van der Waals surface area contributed by atoms with Crippen molar-refractivity contribution in [1.82, 2.24) is 4.90 Å². The van der Waals surface area contributed by atoms with Crippen LogP contribution in [0, 0.1) is 0 Å². The van der Waals surface area contributed by atoms with E-state index < -0.39 is 0 Å². The molecule has 3 nitrogen and oxygen atoms in total. The van der Waals surface area contributed by atoms with Gasteiger partial charge in [0.2, 0.25) is 0 Å².